The van der Waals surface area contributed by atoms with E-state index in [9.17, 15) is 4.57 Å². The highest BCUT2D eigenvalue weighted by Gasteiger charge is 2.69. The van der Waals surface area contributed by atoms with Crippen molar-refractivity contribution in [3.05, 3.63) is 35.9 Å². The van der Waals surface area contributed by atoms with E-state index < -0.39 is 12.4 Å². The van der Waals surface area contributed by atoms with Crippen LogP contribution in [0.1, 0.15) is 25.8 Å². The van der Waals surface area contributed by atoms with Gasteiger partial charge in [0.2, 0.25) is 0 Å². The van der Waals surface area contributed by atoms with Crippen molar-refractivity contribution in [3.63, 3.8) is 0 Å². The molecule has 2 rings (SSSR count). The molecule has 112 valence electrons. The second-order valence-corrected chi connectivity index (χ2v) is 7.57. The van der Waals surface area contributed by atoms with Crippen LogP contribution in [0.2, 0.25) is 0 Å². The molecule has 1 heterocycles. The fourth-order valence-corrected chi connectivity index (χ4v) is 4.49. The molecule has 0 aromatic heterocycles. The molecule has 6 heteroatoms. The van der Waals surface area contributed by atoms with Gasteiger partial charge < -0.3 is 13.8 Å². The Bertz CT molecular complexity index is 471. The van der Waals surface area contributed by atoms with Crippen LogP contribution in [0.3, 0.4) is 0 Å². The molecule has 0 radical (unpaired) electrons. The summed E-state index contributed by atoms with van der Waals surface area (Å²) in [7, 11) is -3.43. The molecular formula is C14H20ClO4P. The number of halogens is 1. The second-order valence-electron chi connectivity index (χ2n) is 4.57. The predicted octanol–water partition coefficient (Wildman–Crippen LogP) is 4.18. The summed E-state index contributed by atoms with van der Waals surface area (Å²) < 4.78 is 28.6. The molecular weight excluding hydrogens is 299 g/mol. The van der Waals surface area contributed by atoms with Crippen molar-refractivity contribution in [3.8, 4) is 0 Å². The molecule has 0 amide bonds. The number of benzene rings is 1. The Labute approximate surface area is 124 Å². The zero-order valence-corrected chi connectivity index (χ0v) is 13.4. The van der Waals surface area contributed by atoms with Crippen LogP contribution in [0.5, 0.6) is 0 Å². The summed E-state index contributed by atoms with van der Waals surface area (Å²) in [6, 6.07) is 10.0. The van der Waals surface area contributed by atoms with Gasteiger partial charge in [-0.25, -0.2) is 0 Å². The highest BCUT2D eigenvalue weighted by Crippen LogP contribution is 2.72. The van der Waals surface area contributed by atoms with Gasteiger partial charge >= 0.3 is 7.60 Å². The molecule has 20 heavy (non-hydrogen) atoms. The van der Waals surface area contributed by atoms with E-state index in [1.807, 2.05) is 30.3 Å². The van der Waals surface area contributed by atoms with E-state index in [-0.39, 0.29) is 19.3 Å². The van der Waals surface area contributed by atoms with Gasteiger partial charge in [-0.15, -0.1) is 0 Å². The first-order chi connectivity index (χ1) is 9.55. The molecule has 0 N–H and O–H groups in total. The summed E-state index contributed by atoms with van der Waals surface area (Å²) in [5.41, 5.74) is 1.20. The second kappa shape index (κ2) is 6.59. The van der Waals surface area contributed by atoms with E-state index in [2.05, 4.69) is 0 Å². The van der Waals surface area contributed by atoms with Gasteiger partial charge in [0.05, 0.1) is 13.2 Å². The summed E-state index contributed by atoms with van der Waals surface area (Å²) >= 11 is 6.31. The van der Waals surface area contributed by atoms with Gasteiger partial charge in [-0.1, -0.05) is 41.9 Å². The molecule has 1 aliphatic rings. The van der Waals surface area contributed by atoms with Gasteiger partial charge in [-0.05, 0) is 32.3 Å². The van der Waals surface area contributed by atoms with E-state index >= 15 is 0 Å². The first-order valence-electron chi connectivity index (χ1n) is 6.85. The lowest BCUT2D eigenvalue weighted by molar-refractivity contribution is 0.202. The Morgan fingerprint density at radius 1 is 1.25 bits per heavy atom. The summed E-state index contributed by atoms with van der Waals surface area (Å²) in [5.74, 6) is 0. The van der Waals surface area contributed by atoms with Crippen LogP contribution in [0, 0.1) is 0 Å². The van der Waals surface area contributed by atoms with Crippen molar-refractivity contribution >= 4 is 19.2 Å². The van der Waals surface area contributed by atoms with Crippen LogP contribution < -0.4 is 0 Å². The van der Waals surface area contributed by atoms with E-state index in [0.29, 0.717) is 6.42 Å². The molecule has 1 aliphatic heterocycles. The maximum atomic E-state index is 12.6. The molecule has 0 bridgehead atoms. The molecule has 2 atom stereocenters. The van der Waals surface area contributed by atoms with Crippen molar-refractivity contribution in [1.29, 1.82) is 0 Å². The Morgan fingerprint density at radius 2 is 1.85 bits per heavy atom. The summed E-state index contributed by atoms with van der Waals surface area (Å²) in [5, 5.41) is 0. The molecule has 0 unspecified atom stereocenters. The minimum absolute atomic E-state index is 0.278. The van der Waals surface area contributed by atoms with Gasteiger partial charge in [-0.2, -0.15) is 0 Å². The smallest absolute Gasteiger partial charge is 0.339 e. The molecule has 0 saturated carbocycles. The summed E-state index contributed by atoms with van der Waals surface area (Å²) in [4.78, 5) is -1.31. The predicted molar refractivity (Wildman–Crippen MR) is 79.1 cm³/mol. The Morgan fingerprint density at radius 3 is 2.40 bits per heavy atom. The standard InChI is InChI=1S/C14H20ClO4P/c1-3-17-20(16,18-4-2)14(15)13(19-14)11-10-12-8-6-5-7-9-12/h5-9,13H,3-4,10-11H2,1-2H3/t13-,14+/m0/s1. The van der Waals surface area contributed by atoms with Crippen molar-refractivity contribution in [2.45, 2.75) is 37.6 Å². The van der Waals surface area contributed by atoms with Crippen LogP contribution in [-0.4, -0.2) is 24.1 Å². The maximum absolute atomic E-state index is 12.6. The minimum atomic E-state index is -3.43. The zero-order chi connectivity index (χ0) is 14.6. The Hall–Kier alpha value is -0.380. The molecule has 1 fully saturated rings. The molecule has 1 aromatic rings. The lowest BCUT2D eigenvalue weighted by Gasteiger charge is -2.19. The van der Waals surface area contributed by atoms with Crippen molar-refractivity contribution in [1.82, 2.24) is 0 Å². The fraction of sp³-hybridized carbons (Fsp3) is 0.571. The maximum Gasteiger partial charge on any atom is 0.380 e. The number of hydrogen-bond acceptors (Lipinski definition) is 4. The average Bonchev–Trinajstić information content (AvgIpc) is 3.11. The molecule has 0 spiro atoms. The van der Waals surface area contributed by atoms with Crippen LogP contribution >= 0.6 is 19.2 Å². The third-order valence-electron chi connectivity index (χ3n) is 3.16. The molecule has 1 aromatic carbocycles. The minimum Gasteiger partial charge on any atom is -0.339 e. The van der Waals surface area contributed by atoms with Gasteiger partial charge in [0.15, 0.2) is 0 Å². The largest absolute Gasteiger partial charge is 0.380 e. The van der Waals surface area contributed by atoms with Crippen molar-refractivity contribution in [2.24, 2.45) is 0 Å². The van der Waals surface area contributed by atoms with E-state index in [1.54, 1.807) is 13.8 Å². The summed E-state index contributed by atoms with van der Waals surface area (Å²) in [6.45, 7) is 4.07. The normalized spacial score (nSPS) is 25.6. The summed E-state index contributed by atoms with van der Waals surface area (Å²) in [6.07, 6.45) is 1.21. The number of epoxide rings is 1. The van der Waals surface area contributed by atoms with Gasteiger partial charge in [0, 0.05) is 0 Å². The highest BCUT2D eigenvalue weighted by atomic mass is 35.5. The van der Waals surface area contributed by atoms with E-state index in [1.165, 1.54) is 5.56 Å². The molecule has 0 aliphatic carbocycles. The van der Waals surface area contributed by atoms with Crippen LogP contribution in [0.15, 0.2) is 30.3 Å². The first-order valence-corrected chi connectivity index (χ1v) is 8.77. The number of alkyl halides is 1. The zero-order valence-electron chi connectivity index (χ0n) is 11.8. The number of aryl methyl sites for hydroxylation is 1. The van der Waals surface area contributed by atoms with Crippen LogP contribution in [0.25, 0.3) is 0 Å². The number of rotatable bonds is 8. The van der Waals surface area contributed by atoms with Crippen molar-refractivity contribution < 1.29 is 18.3 Å². The lowest BCUT2D eigenvalue weighted by Crippen LogP contribution is -2.13. The number of hydrogen-bond donors (Lipinski definition) is 0. The van der Waals surface area contributed by atoms with Crippen LogP contribution in [0.4, 0.5) is 0 Å². The molecule has 4 nitrogen and oxygen atoms in total. The monoisotopic (exact) mass is 318 g/mol. The first kappa shape index (κ1) is 16.0. The third-order valence-corrected chi connectivity index (χ3v) is 6.45. The van der Waals surface area contributed by atoms with Crippen LogP contribution in [-0.2, 0) is 24.8 Å². The lowest BCUT2D eigenvalue weighted by atomic mass is 10.1. The highest BCUT2D eigenvalue weighted by molar-refractivity contribution is 7.58. The molecule has 1 saturated heterocycles. The third kappa shape index (κ3) is 3.26. The van der Waals surface area contributed by atoms with Crippen molar-refractivity contribution in [2.75, 3.05) is 13.2 Å². The topological polar surface area (TPSA) is 48.1 Å². The Balaban J connectivity index is 1.95. The Kier molecular flexibility index (Phi) is 5.27. The number of ether oxygens (including phenoxy) is 1. The SMILES string of the molecule is CCOP(=O)(OCC)[C@]1(Cl)O[C@H]1CCc1ccccc1. The van der Waals surface area contributed by atoms with E-state index in [4.69, 9.17) is 25.4 Å². The van der Waals surface area contributed by atoms with Gasteiger partial charge in [0.25, 0.3) is 4.80 Å². The fourth-order valence-electron chi connectivity index (χ4n) is 2.14. The van der Waals surface area contributed by atoms with E-state index in [0.717, 1.165) is 6.42 Å². The average molecular weight is 319 g/mol. The van der Waals surface area contributed by atoms with Gasteiger partial charge in [-0.3, -0.25) is 4.57 Å². The quantitative estimate of drug-likeness (QED) is 0.410. The van der Waals surface area contributed by atoms with Gasteiger partial charge in [0.1, 0.15) is 6.10 Å².